The van der Waals surface area contributed by atoms with E-state index in [1.165, 1.54) is 3.97 Å². The number of hydrogen-bond donors (Lipinski definition) is 1. The van der Waals surface area contributed by atoms with Gasteiger partial charge in [-0.05, 0) is 91.8 Å². The third kappa shape index (κ3) is 5.11. The van der Waals surface area contributed by atoms with Crippen LogP contribution in [0, 0.1) is 27.7 Å². The molecule has 0 radical (unpaired) electrons. The van der Waals surface area contributed by atoms with Crippen molar-refractivity contribution in [3.63, 3.8) is 0 Å². The minimum atomic E-state index is -3.78. The average molecular weight is 521 g/mol. The first-order valence-electron chi connectivity index (χ1n) is 12.2. The molecule has 4 aromatic rings. The molecular formula is C29H32N2O5S. The molecule has 0 amide bonds. The largest absolute Gasteiger partial charge is 0.482 e. The van der Waals surface area contributed by atoms with Crippen molar-refractivity contribution >= 4 is 27.0 Å². The molecule has 0 atom stereocenters. The summed E-state index contributed by atoms with van der Waals surface area (Å²) in [4.78, 5) is 16.1. The number of aliphatic carboxylic acids is 1. The smallest absolute Gasteiger partial charge is 0.341 e. The van der Waals surface area contributed by atoms with Crippen molar-refractivity contribution in [3.8, 4) is 5.75 Å². The number of nitrogens with zero attached hydrogens (tertiary/aromatic N) is 2. The van der Waals surface area contributed by atoms with Crippen LogP contribution < -0.4 is 4.74 Å². The van der Waals surface area contributed by atoms with Gasteiger partial charge < -0.3 is 9.84 Å². The number of pyridine rings is 1. The molecule has 4 rings (SSSR count). The molecule has 0 aliphatic heterocycles. The Labute approximate surface area is 217 Å². The van der Waals surface area contributed by atoms with Crippen LogP contribution in [-0.2, 0) is 21.2 Å². The van der Waals surface area contributed by atoms with Crippen molar-refractivity contribution in [1.82, 2.24) is 8.96 Å². The van der Waals surface area contributed by atoms with Gasteiger partial charge in [-0.1, -0.05) is 31.5 Å². The third-order valence-electron chi connectivity index (χ3n) is 6.82. The normalized spacial score (nSPS) is 11.9. The van der Waals surface area contributed by atoms with Crippen LogP contribution in [0.1, 0.15) is 58.8 Å². The lowest BCUT2D eigenvalue weighted by Crippen LogP contribution is -2.12. The molecule has 1 N–H and O–H groups in total. The van der Waals surface area contributed by atoms with Crippen LogP contribution in [0.4, 0.5) is 0 Å². The molecule has 0 aliphatic rings. The van der Waals surface area contributed by atoms with Crippen LogP contribution in [0.3, 0.4) is 0 Å². The first-order valence-corrected chi connectivity index (χ1v) is 13.6. The second-order valence-electron chi connectivity index (χ2n) is 9.80. The lowest BCUT2D eigenvalue weighted by molar-refractivity contribution is -0.139. The highest BCUT2D eigenvalue weighted by atomic mass is 32.2. The summed E-state index contributed by atoms with van der Waals surface area (Å²) < 4.78 is 33.8. The minimum absolute atomic E-state index is 0.0797. The van der Waals surface area contributed by atoms with Gasteiger partial charge in [-0.2, -0.15) is 0 Å². The number of rotatable bonds is 8. The summed E-state index contributed by atoms with van der Waals surface area (Å²) in [5, 5.41) is 8.96. The maximum Gasteiger partial charge on any atom is 0.341 e. The number of carbonyl (C=O) groups is 1. The van der Waals surface area contributed by atoms with E-state index >= 15 is 0 Å². The van der Waals surface area contributed by atoms with Crippen molar-refractivity contribution in [2.24, 2.45) is 0 Å². The highest BCUT2D eigenvalue weighted by Crippen LogP contribution is 2.32. The van der Waals surface area contributed by atoms with Crippen molar-refractivity contribution in [2.45, 2.75) is 58.8 Å². The fourth-order valence-corrected chi connectivity index (χ4v) is 5.89. The standard InChI is InChI=1S/C29H32N2O5S/c1-17(2)25-15-31(37(34,35)23-10-7-18(3)8-11-23)26-12-9-22(30-29(25)26)14-24-19(4)13-27(21(6)20(24)5)36-16-28(32)33/h7-13,15,17H,14,16H2,1-6H3,(H,32,33). The number of carboxylic acids is 1. The van der Waals surface area contributed by atoms with Gasteiger partial charge in [0.15, 0.2) is 6.61 Å². The van der Waals surface area contributed by atoms with E-state index in [1.54, 1.807) is 30.5 Å². The zero-order chi connectivity index (χ0) is 27.1. The van der Waals surface area contributed by atoms with Gasteiger partial charge in [-0.3, -0.25) is 4.98 Å². The van der Waals surface area contributed by atoms with Gasteiger partial charge in [0.1, 0.15) is 5.75 Å². The average Bonchev–Trinajstić information content (AvgIpc) is 3.23. The summed E-state index contributed by atoms with van der Waals surface area (Å²) >= 11 is 0. The number of fused-ring (bicyclic) bond motifs is 1. The lowest BCUT2D eigenvalue weighted by Gasteiger charge is -2.17. The number of aryl methyl sites for hydroxylation is 2. The molecule has 0 saturated heterocycles. The predicted octanol–water partition coefficient (Wildman–Crippen LogP) is 5.68. The Morgan fingerprint density at radius 2 is 1.70 bits per heavy atom. The summed E-state index contributed by atoms with van der Waals surface area (Å²) in [5.74, 6) is -0.380. The SMILES string of the molecule is Cc1ccc(S(=O)(=O)n2cc(C(C)C)c3nc(Cc4c(C)cc(OCC(=O)O)c(C)c4C)ccc32)cc1. The summed E-state index contributed by atoms with van der Waals surface area (Å²) in [5.41, 5.74) is 7.89. The number of hydrogen-bond acceptors (Lipinski definition) is 5. The van der Waals surface area contributed by atoms with Crippen molar-refractivity contribution < 1.29 is 23.1 Å². The summed E-state index contributed by atoms with van der Waals surface area (Å²) in [7, 11) is -3.78. The Kier molecular flexibility index (Phi) is 7.15. The van der Waals surface area contributed by atoms with Crippen molar-refractivity contribution in [3.05, 3.63) is 87.7 Å². The van der Waals surface area contributed by atoms with Crippen LogP contribution in [0.2, 0.25) is 0 Å². The topological polar surface area (TPSA) is 98.5 Å². The van der Waals surface area contributed by atoms with Crippen LogP contribution in [0.15, 0.2) is 53.6 Å². The molecule has 0 spiro atoms. The quantitative estimate of drug-likeness (QED) is 0.321. The molecular weight excluding hydrogens is 488 g/mol. The minimum Gasteiger partial charge on any atom is -0.482 e. The molecule has 0 fully saturated rings. The van der Waals surface area contributed by atoms with E-state index in [0.29, 0.717) is 23.2 Å². The van der Waals surface area contributed by atoms with E-state index < -0.39 is 22.6 Å². The Hall–Kier alpha value is -3.65. The second-order valence-corrected chi connectivity index (χ2v) is 11.6. The van der Waals surface area contributed by atoms with Gasteiger partial charge in [0.25, 0.3) is 10.0 Å². The van der Waals surface area contributed by atoms with Crippen LogP contribution >= 0.6 is 0 Å². The molecule has 0 aliphatic carbocycles. The monoisotopic (exact) mass is 520 g/mol. The molecule has 7 nitrogen and oxygen atoms in total. The van der Waals surface area contributed by atoms with Gasteiger partial charge in [-0.15, -0.1) is 0 Å². The van der Waals surface area contributed by atoms with Gasteiger partial charge in [0.05, 0.1) is 15.9 Å². The molecule has 0 bridgehead atoms. The fraction of sp³-hybridized carbons (Fsp3) is 0.310. The molecule has 8 heteroatoms. The number of aromatic nitrogens is 2. The second kappa shape index (κ2) is 10.0. The van der Waals surface area contributed by atoms with Gasteiger partial charge in [-0.25, -0.2) is 17.2 Å². The van der Waals surface area contributed by atoms with E-state index in [2.05, 4.69) is 0 Å². The van der Waals surface area contributed by atoms with E-state index in [9.17, 15) is 13.2 Å². The van der Waals surface area contributed by atoms with Crippen molar-refractivity contribution in [1.29, 1.82) is 0 Å². The molecule has 0 unspecified atom stereocenters. The van der Waals surface area contributed by atoms with Crippen LogP contribution in [-0.4, -0.2) is 35.1 Å². The highest BCUT2D eigenvalue weighted by molar-refractivity contribution is 7.90. The Bertz CT molecular complexity index is 1600. The third-order valence-corrected chi connectivity index (χ3v) is 8.50. The lowest BCUT2D eigenvalue weighted by atomic mass is 9.94. The summed E-state index contributed by atoms with van der Waals surface area (Å²) in [6.07, 6.45) is 2.25. The van der Waals surface area contributed by atoms with E-state index in [0.717, 1.165) is 39.1 Å². The fourth-order valence-electron chi connectivity index (χ4n) is 4.52. The number of carboxylic acid groups (broad SMARTS) is 1. The molecule has 2 heterocycles. The Morgan fingerprint density at radius 3 is 2.32 bits per heavy atom. The Morgan fingerprint density at radius 1 is 1.03 bits per heavy atom. The molecule has 2 aromatic carbocycles. The molecule has 2 aromatic heterocycles. The number of ether oxygens (including phenoxy) is 1. The van der Waals surface area contributed by atoms with E-state index in [-0.39, 0.29) is 10.8 Å². The van der Waals surface area contributed by atoms with Gasteiger partial charge >= 0.3 is 5.97 Å². The maximum absolute atomic E-state index is 13.5. The van der Waals surface area contributed by atoms with E-state index in [1.807, 2.05) is 59.7 Å². The first kappa shape index (κ1) is 26.4. The first-order chi connectivity index (χ1) is 17.4. The maximum atomic E-state index is 13.5. The zero-order valence-electron chi connectivity index (χ0n) is 22.0. The molecule has 0 saturated carbocycles. The highest BCUT2D eigenvalue weighted by Gasteiger charge is 2.23. The predicted molar refractivity (Wildman–Crippen MR) is 144 cm³/mol. The molecule has 194 valence electrons. The summed E-state index contributed by atoms with van der Waals surface area (Å²) in [6, 6.07) is 12.4. The van der Waals surface area contributed by atoms with E-state index in [4.69, 9.17) is 14.8 Å². The van der Waals surface area contributed by atoms with Crippen LogP contribution in [0.5, 0.6) is 5.75 Å². The molecule has 37 heavy (non-hydrogen) atoms. The van der Waals surface area contributed by atoms with Crippen molar-refractivity contribution in [2.75, 3.05) is 6.61 Å². The van der Waals surface area contributed by atoms with Crippen LogP contribution in [0.25, 0.3) is 11.0 Å². The zero-order valence-corrected chi connectivity index (χ0v) is 22.8. The number of benzene rings is 2. The summed E-state index contributed by atoms with van der Waals surface area (Å²) in [6.45, 7) is 11.5. The van der Waals surface area contributed by atoms with Gasteiger partial charge in [0, 0.05) is 18.3 Å². The Balaban J connectivity index is 1.77. The van der Waals surface area contributed by atoms with Gasteiger partial charge in [0.2, 0.25) is 0 Å².